The van der Waals surface area contributed by atoms with E-state index < -0.39 is 5.97 Å². The van der Waals surface area contributed by atoms with Crippen LogP contribution in [0.3, 0.4) is 0 Å². The third kappa shape index (κ3) is 6.79. The molecule has 0 radical (unpaired) electrons. The fraction of sp³-hybridized carbons (Fsp3) is 0.500. The van der Waals surface area contributed by atoms with Crippen LogP contribution in [-0.4, -0.2) is 29.7 Å². The number of amides is 2. The molecular weight excluding hydrogens is 268 g/mol. The minimum Gasteiger partial charge on any atom is -0.481 e. The van der Waals surface area contributed by atoms with E-state index in [1.165, 1.54) is 5.56 Å². The molecule has 0 aliphatic heterocycles. The molecule has 0 aliphatic carbocycles. The monoisotopic (exact) mass is 292 g/mol. The number of aliphatic carboxylic acids is 1. The highest BCUT2D eigenvalue weighted by molar-refractivity contribution is 5.75. The summed E-state index contributed by atoms with van der Waals surface area (Å²) in [5.74, 6) is -0.414. The van der Waals surface area contributed by atoms with E-state index in [2.05, 4.69) is 48.7 Å². The molecule has 3 N–H and O–H groups in total. The number of carboxylic acid groups (broad SMARTS) is 1. The van der Waals surface area contributed by atoms with Crippen LogP contribution >= 0.6 is 0 Å². The zero-order valence-electron chi connectivity index (χ0n) is 12.8. The zero-order chi connectivity index (χ0) is 15.8. The van der Waals surface area contributed by atoms with Crippen LogP contribution in [0.4, 0.5) is 4.79 Å². The summed E-state index contributed by atoms with van der Waals surface area (Å²) >= 11 is 0. The smallest absolute Gasteiger partial charge is 0.315 e. The van der Waals surface area contributed by atoms with Crippen molar-refractivity contribution < 1.29 is 14.7 Å². The third-order valence-electron chi connectivity index (χ3n) is 3.19. The second kappa shape index (κ2) is 8.29. The highest BCUT2D eigenvalue weighted by atomic mass is 16.4. The Morgan fingerprint density at radius 1 is 1.14 bits per heavy atom. The number of hydrogen-bond donors (Lipinski definition) is 3. The second-order valence-electron chi connectivity index (χ2n) is 5.55. The van der Waals surface area contributed by atoms with Crippen LogP contribution in [0.15, 0.2) is 24.3 Å². The SMILES string of the molecule is CC(Cc1ccc(C(C)C)cc1)NC(=O)NCCC(=O)O. The number of rotatable bonds is 7. The van der Waals surface area contributed by atoms with E-state index in [-0.39, 0.29) is 25.0 Å². The van der Waals surface area contributed by atoms with Crippen LogP contribution in [0.5, 0.6) is 0 Å². The van der Waals surface area contributed by atoms with Gasteiger partial charge in [-0.1, -0.05) is 38.1 Å². The number of nitrogens with one attached hydrogen (secondary N) is 2. The molecule has 0 aliphatic rings. The van der Waals surface area contributed by atoms with Gasteiger partial charge in [-0.25, -0.2) is 4.79 Å². The Hall–Kier alpha value is -2.04. The van der Waals surface area contributed by atoms with Crippen LogP contribution in [-0.2, 0) is 11.2 Å². The topological polar surface area (TPSA) is 78.4 Å². The zero-order valence-corrected chi connectivity index (χ0v) is 12.8. The van der Waals surface area contributed by atoms with Gasteiger partial charge in [-0.15, -0.1) is 0 Å². The van der Waals surface area contributed by atoms with Crippen LogP contribution in [0.1, 0.15) is 44.2 Å². The van der Waals surface area contributed by atoms with Crippen molar-refractivity contribution in [2.24, 2.45) is 0 Å². The average Bonchev–Trinajstić information content (AvgIpc) is 2.38. The normalized spacial score (nSPS) is 12.0. The molecule has 1 unspecified atom stereocenters. The van der Waals surface area contributed by atoms with Gasteiger partial charge in [-0.05, 0) is 30.4 Å². The van der Waals surface area contributed by atoms with E-state index in [4.69, 9.17) is 5.11 Å². The number of benzene rings is 1. The predicted octanol–water partition coefficient (Wildman–Crippen LogP) is 2.51. The largest absolute Gasteiger partial charge is 0.481 e. The van der Waals surface area contributed by atoms with Gasteiger partial charge in [0.2, 0.25) is 0 Å². The van der Waals surface area contributed by atoms with Gasteiger partial charge in [0.1, 0.15) is 0 Å². The van der Waals surface area contributed by atoms with Gasteiger partial charge in [0.15, 0.2) is 0 Å². The minimum atomic E-state index is -0.923. The molecule has 0 spiro atoms. The summed E-state index contributed by atoms with van der Waals surface area (Å²) in [5, 5.41) is 13.8. The van der Waals surface area contributed by atoms with E-state index in [1.54, 1.807) is 0 Å². The maximum Gasteiger partial charge on any atom is 0.315 e. The van der Waals surface area contributed by atoms with Gasteiger partial charge in [-0.2, -0.15) is 0 Å². The first-order chi connectivity index (χ1) is 9.88. The fourth-order valence-corrected chi connectivity index (χ4v) is 2.00. The summed E-state index contributed by atoms with van der Waals surface area (Å²) in [6.45, 7) is 6.37. The molecule has 0 fully saturated rings. The molecule has 0 bridgehead atoms. The lowest BCUT2D eigenvalue weighted by atomic mass is 9.99. The predicted molar refractivity (Wildman–Crippen MR) is 82.5 cm³/mol. The molecule has 1 rings (SSSR count). The minimum absolute atomic E-state index is 0.0141. The lowest BCUT2D eigenvalue weighted by molar-refractivity contribution is -0.136. The Labute approximate surface area is 125 Å². The third-order valence-corrected chi connectivity index (χ3v) is 3.19. The standard InChI is InChI=1S/C16H24N2O3/c1-11(2)14-6-4-13(5-7-14)10-12(3)18-16(21)17-9-8-15(19)20/h4-7,11-12H,8-10H2,1-3H3,(H,19,20)(H2,17,18,21). The molecule has 5 nitrogen and oxygen atoms in total. The Kier molecular flexibility index (Phi) is 6.72. The summed E-state index contributed by atoms with van der Waals surface area (Å²) in [4.78, 5) is 21.9. The van der Waals surface area contributed by atoms with E-state index in [0.29, 0.717) is 5.92 Å². The maximum absolute atomic E-state index is 11.6. The Morgan fingerprint density at radius 2 is 1.76 bits per heavy atom. The van der Waals surface area contributed by atoms with Crippen molar-refractivity contribution in [1.29, 1.82) is 0 Å². The van der Waals surface area contributed by atoms with Gasteiger partial charge in [0.25, 0.3) is 0 Å². The van der Waals surface area contributed by atoms with Crippen molar-refractivity contribution in [3.05, 3.63) is 35.4 Å². The highest BCUT2D eigenvalue weighted by Gasteiger charge is 2.08. The van der Waals surface area contributed by atoms with E-state index in [9.17, 15) is 9.59 Å². The molecule has 0 aromatic heterocycles. The molecule has 116 valence electrons. The first-order valence-corrected chi connectivity index (χ1v) is 7.23. The lowest BCUT2D eigenvalue weighted by Crippen LogP contribution is -2.42. The van der Waals surface area contributed by atoms with Crippen LogP contribution in [0.2, 0.25) is 0 Å². The molecule has 2 amide bonds. The molecule has 1 aromatic rings. The van der Waals surface area contributed by atoms with Gasteiger partial charge < -0.3 is 15.7 Å². The first-order valence-electron chi connectivity index (χ1n) is 7.23. The quantitative estimate of drug-likeness (QED) is 0.722. The fourth-order valence-electron chi connectivity index (χ4n) is 2.00. The average molecular weight is 292 g/mol. The van der Waals surface area contributed by atoms with Gasteiger partial charge in [0, 0.05) is 12.6 Å². The molecular formula is C16H24N2O3. The second-order valence-corrected chi connectivity index (χ2v) is 5.55. The lowest BCUT2D eigenvalue weighted by Gasteiger charge is -2.15. The van der Waals surface area contributed by atoms with Crippen molar-refractivity contribution in [2.75, 3.05) is 6.54 Å². The first kappa shape index (κ1) is 17.0. The number of urea groups is 1. The molecule has 21 heavy (non-hydrogen) atoms. The van der Waals surface area contributed by atoms with Gasteiger partial charge in [-0.3, -0.25) is 4.79 Å². The van der Waals surface area contributed by atoms with Crippen molar-refractivity contribution in [2.45, 2.75) is 45.6 Å². The summed E-state index contributed by atoms with van der Waals surface area (Å²) < 4.78 is 0. The Morgan fingerprint density at radius 3 is 2.29 bits per heavy atom. The van der Waals surface area contributed by atoms with E-state index in [1.807, 2.05) is 6.92 Å². The molecule has 5 heteroatoms. The van der Waals surface area contributed by atoms with Crippen molar-refractivity contribution >= 4 is 12.0 Å². The van der Waals surface area contributed by atoms with Crippen molar-refractivity contribution in [1.82, 2.24) is 10.6 Å². The summed E-state index contributed by atoms with van der Waals surface area (Å²) in [6.07, 6.45) is 0.670. The van der Waals surface area contributed by atoms with Crippen molar-refractivity contribution in [3.8, 4) is 0 Å². The molecule has 1 atom stereocenters. The molecule has 0 saturated heterocycles. The summed E-state index contributed by atoms with van der Waals surface area (Å²) in [7, 11) is 0. The number of carbonyl (C=O) groups excluding carboxylic acids is 1. The van der Waals surface area contributed by atoms with Gasteiger partial charge >= 0.3 is 12.0 Å². The summed E-state index contributed by atoms with van der Waals surface area (Å²) in [6, 6.07) is 8.03. The molecule has 1 aromatic carbocycles. The van der Waals surface area contributed by atoms with Crippen LogP contribution in [0, 0.1) is 0 Å². The maximum atomic E-state index is 11.6. The number of carboxylic acids is 1. The highest BCUT2D eigenvalue weighted by Crippen LogP contribution is 2.15. The Bertz CT molecular complexity index is 469. The van der Waals surface area contributed by atoms with Gasteiger partial charge in [0.05, 0.1) is 6.42 Å². The molecule has 0 heterocycles. The summed E-state index contributed by atoms with van der Waals surface area (Å²) in [5.41, 5.74) is 2.46. The van der Waals surface area contributed by atoms with E-state index >= 15 is 0 Å². The number of hydrogen-bond acceptors (Lipinski definition) is 2. The van der Waals surface area contributed by atoms with E-state index in [0.717, 1.165) is 12.0 Å². The van der Waals surface area contributed by atoms with Crippen LogP contribution < -0.4 is 10.6 Å². The number of carbonyl (C=O) groups is 2. The molecule has 0 saturated carbocycles. The Balaban J connectivity index is 2.37. The van der Waals surface area contributed by atoms with Crippen LogP contribution in [0.25, 0.3) is 0 Å². The van der Waals surface area contributed by atoms with Crippen molar-refractivity contribution in [3.63, 3.8) is 0 Å².